The van der Waals surface area contributed by atoms with E-state index in [4.69, 9.17) is 13.7 Å². The van der Waals surface area contributed by atoms with Gasteiger partial charge in [0.1, 0.15) is 0 Å². The second-order valence-corrected chi connectivity index (χ2v) is 10.5. The maximum atomic E-state index is 11.3. The van der Waals surface area contributed by atoms with Crippen LogP contribution in [0.5, 0.6) is 0 Å². The fourth-order valence-electron chi connectivity index (χ4n) is 8.21. The van der Waals surface area contributed by atoms with Crippen molar-refractivity contribution in [2.24, 2.45) is 34.5 Å². The highest BCUT2D eigenvalue weighted by molar-refractivity contribution is 7.75. The normalized spacial score (nSPS) is 56.6. The van der Waals surface area contributed by atoms with E-state index in [9.17, 15) is 10.2 Å². The molecule has 1 aliphatic heterocycles. The molecule has 5 aliphatic rings. The Labute approximate surface area is 167 Å². The number of rotatable bonds is 1. The first kappa shape index (κ1) is 19.1. The summed E-state index contributed by atoms with van der Waals surface area (Å²) >= 11 is 4.03. The minimum absolute atomic E-state index is 0.0561. The second kappa shape index (κ2) is 6.32. The third kappa shape index (κ3) is 2.37. The highest BCUT2D eigenvalue weighted by atomic mass is 32.1. The van der Waals surface area contributed by atoms with Gasteiger partial charge in [-0.15, -0.1) is 0 Å². The minimum Gasteiger partial charge on any atom is -0.390 e. The van der Waals surface area contributed by atoms with E-state index in [0.717, 1.165) is 44.9 Å². The Morgan fingerprint density at radius 2 is 1.59 bits per heavy atom. The van der Waals surface area contributed by atoms with Crippen molar-refractivity contribution in [3.63, 3.8) is 0 Å². The van der Waals surface area contributed by atoms with E-state index < -0.39 is 18.0 Å². The SMILES string of the molecule is C[C@]12CC[C@H](OS)CC1[C@@H](O)[C@H](O)C1C2CC[C@@]2(C)C1CCC21OCCO1. The molecule has 0 aromatic rings. The quantitative estimate of drug-likeness (QED) is 0.468. The molecule has 1 heterocycles. The summed E-state index contributed by atoms with van der Waals surface area (Å²) in [5.74, 6) is 0.522. The smallest absolute Gasteiger partial charge is 0.174 e. The van der Waals surface area contributed by atoms with Crippen LogP contribution in [0.2, 0.25) is 0 Å². The molecule has 154 valence electrons. The highest BCUT2D eigenvalue weighted by Crippen LogP contribution is 2.69. The molecule has 4 saturated carbocycles. The minimum atomic E-state index is -0.688. The van der Waals surface area contributed by atoms with Crippen molar-refractivity contribution in [2.45, 2.75) is 82.9 Å². The molecule has 27 heavy (non-hydrogen) atoms. The lowest BCUT2D eigenvalue weighted by atomic mass is 9.43. The average molecular weight is 399 g/mol. The lowest BCUT2D eigenvalue weighted by molar-refractivity contribution is -0.268. The Kier molecular flexibility index (Phi) is 4.48. The molecule has 5 rings (SSSR count). The zero-order valence-corrected chi connectivity index (χ0v) is 17.4. The van der Waals surface area contributed by atoms with E-state index in [-0.39, 0.29) is 28.8 Å². The molecule has 4 unspecified atom stereocenters. The molecule has 1 saturated heterocycles. The topological polar surface area (TPSA) is 68.2 Å². The van der Waals surface area contributed by atoms with Crippen LogP contribution in [0.15, 0.2) is 0 Å². The second-order valence-electron chi connectivity index (χ2n) is 10.3. The molecule has 9 atom stereocenters. The van der Waals surface area contributed by atoms with E-state index >= 15 is 0 Å². The van der Waals surface area contributed by atoms with Crippen molar-refractivity contribution >= 4 is 12.9 Å². The Morgan fingerprint density at radius 1 is 0.889 bits per heavy atom. The fourth-order valence-corrected chi connectivity index (χ4v) is 8.40. The van der Waals surface area contributed by atoms with E-state index in [1.54, 1.807) is 0 Å². The van der Waals surface area contributed by atoms with Crippen LogP contribution >= 0.6 is 12.9 Å². The van der Waals surface area contributed by atoms with Gasteiger partial charge in [0, 0.05) is 11.8 Å². The Morgan fingerprint density at radius 3 is 2.30 bits per heavy atom. The first-order valence-electron chi connectivity index (χ1n) is 10.8. The van der Waals surface area contributed by atoms with Gasteiger partial charge in [-0.1, -0.05) is 13.8 Å². The van der Waals surface area contributed by atoms with Crippen molar-refractivity contribution in [3.05, 3.63) is 0 Å². The van der Waals surface area contributed by atoms with E-state index in [2.05, 4.69) is 26.8 Å². The molecule has 1 spiro atoms. The van der Waals surface area contributed by atoms with Crippen LogP contribution in [0, 0.1) is 34.5 Å². The monoisotopic (exact) mass is 398 g/mol. The Hall–Kier alpha value is 0.150. The molecule has 5 nitrogen and oxygen atoms in total. The van der Waals surface area contributed by atoms with Crippen molar-refractivity contribution in [1.29, 1.82) is 0 Å². The molecular formula is C21H34O5S. The van der Waals surface area contributed by atoms with Crippen LogP contribution in [-0.4, -0.2) is 47.5 Å². The van der Waals surface area contributed by atoms with Crippen LogP contribution in [0.25, 0.3) is 0 Å². The van der Waals surface area contributed by atoms with Crippen molar-refractivity contribution < 1.29 is 23.9 Å². The summed E-state index contributed by atoms with van der Waals surface area (Å²) in [4.78, 5) is 0. The number of hydrogen-bond donors (Lipinski definition) is 3. The summed E-state index contributed by atoms with van der Waals surface area (Å²) in [5.41, 5.74) is -0.0133. The standard InChI is InChI=1S/C21H34O5S/c1-19-6-3-12(26-27)11-15(19)17(22)18(23)16-13(19)4-7-20(2)14(16)5-8-21(20)24-9-10-25-21/h12-18,22-23,27H,3-11H2,1-2H3/t12-,13?,14?,15?,16?,17+,18+,19+,20-/m0/s1. The maximum Gasteiger partial charge on any atom is 0.174 e. The molecule has 0 aromatic heterocycles. The van der Waals surface area contributed by atoms with Crippen molar-refractivity contribution in [2.75, 3.05) is 13.2 Å². The van der Waals surface area contributed by atoms with Crippen LogP contribution < -0.4 is 0 Å². The predicted molar refractivity (Wildman–Crippen MR) is 103 cm³/mol. The highest BCUT2D eigenvalue weighted by Gasteiger charge is 2.70. The van der Waals surface area contributed by atoms with Gasteiger partial charge in [-0.25, -0.2) is 0 Å². The van der Waals surface area contributed by atoms with E-state index in [1.807, 2.05) is 0 Å². The molecule has 6 heteroatoms. The Balaban J connectivity index is 1.50. The largest absolute Gasteiger partial charge is 0.390 e. The molecule has 0 radical (unpaired) electrons. The summed E-state index contributed by atoms with van der Waals surface area (Å²) in [7, 11) is 0. The summed E-state index contributed by atoms with van der Waals surface area (Å²) in [6, 6.07) is 0. The molecular weight excluding hydrogens is 364 g/mol. The van der Waals surface area contributed by atoms with Crippen LogP contribution in [0.3, 0.4) is 0 Å². The van der Waals surface area contributed by atoms with Crippen molar-refractivity contribution in [1.82, 2.24) is 0 Å². The molecule has 4 aliphatic carbocycles. The van der Waals surface area contributed by atoms with E-state index in [0.29, 0.717) is 25.0 Å². The summed E-state index contributed by atoms with van der Waals surface area (Å²) in [6.07, 6.45) is 5.62. The van der Waals surface area contributed by atoms with Crippen molar-refractivity contribution in [3.8, 4) is 0 Å². The molecule has 5 fully saturated rings. The van der Waals surface area contributed by atoms with Gasteiger partial charge in [0.15, 0.2) is 5.79 Å². The third-order valence-electron chi connectivity index (χ3n) is 9.65. The molecule has 2 N–H and O–H groups in total. The van der Waals surface area contributed by atoms with Crippen LogP contribution in [0.4, 0.5) is 0 Å². The third-order valence-corrected chi connectivity index (χ3v) is 9.95. The lowest BCUT2D eigenvalue weighted by Crippen LogP contribution is -2.65. The molecule has 0 aromatic carbocycles. The van der Waals surface area contributed by atoms with Gasteiger partial charge in [-0.3, -0.25) is 0 Å². The van der Waals surface area contributed by atoms with Gasteiger partial charge < -0.3 is 23.9 Å². The zero-order chi connectivity index (χ0) is 19.0. The van der Waals surface area contributed by atoms with Crippen LogP contribution in [-0.2, 0) is 13.7 Å². The van der Waals surface area contributed by atoms with Gasteiger partial charge in [-0.05, 0) is 80.5 Å². The van der Waals surface area contributed by atoms with Gasteiger partial charge in [-0.2, -0.15) is 0 Å². The number of thiol groups is 1. The Bertz CT molecular complexity index is 595. The fraction of sp³-hybridized carbons (Fsp3) is 1.00. The summed E-state index contributed by atoms with van der Waals surface area (Å²) in [6.45, 7) is 6.01. The summed E-state index contributed by atoms with van der Waals surface area (Å²) in [5, 5.41) is 22.4. The number of ether oxygens (including phenoxy) is 2. The first-order valence-corrected chi connectivity index (χ1v) is 11.2. The number of fused-ring (bicyclic) bond motifs is 6. The van der Waals surface area contributed by atoms with Gasteiger partial charge in [0.25, 0.3) is 0 Å². The average Bonchev–Trinajstić information content (AvgIpc) is 3.26. The number of aliphatic hydroxyl groups excluding tert-OH is 2. The predicted octanol–water partition coefficient (Wildman–Crippen LogP) is 2.94. The van der Waals surface area contributed by atoms with Gasteiger partial charge in [0.05, 0.1) is 31.5 Å². The number of aliphatic hydroxyl groups is 2. The van der Waals surface area contributed by atoms with E-state index in [1.165, 1.54) is 0 Å². The number of hydrogen-bond acceptors (Lipinski definition) is 6. The lowest BCUT2D eigenvalue weighted by Gasteiger charge is -2.63. The maximum absolute atomic E-state index is 11.3. The molecule has 0 bridgehead atoms. The first-order chi connectivity index (χ1) is 12.9. The van der Waals surface area contributed by atoms with Crippen LogP contribution in [0.1, 0.15) is 58.8 Å². The zero-order valence-electron chi connectivity index (χ0n) is 16.5. The summed E-state index contributed by atoms with van der Waals surface area (Å²) < 4.78 is 17.7. The van der Waals surface area contributed by atoms with Gasteiger partial charge in [0.2, 0.25) is 0 Å². The molecule has 0 amide bonds. The van der Waals surface area contributed by atoms with Gasteiger partial charge >= 0.3 is 0 Å².